The van der Waals surface area contributed by atoms with Crippen LogP contribution in [0.3, 0.4) is 0 Å². The molecule has 8 nitrogen and oxygen atoms in total. The van der Waals surface area contributed by atoms with Gasteiger partial charge < -0.3 is 4.90 Å². The fraction of sp³-hybridized carbons (Fsp3) is 0.474. The van der Waals surface area contributed by atoms with Gasteiger partial charge in [-0.3, -0.25) is 9.78 Å². The molecule has 1 saturated heterocycles. The fourth-order valence-corrected chi connectivity index (χ4v) is 5.08. The molecule has 4 rings (SSSR count). The first-order valence-corrected chi connectivity index (χ1v) is 11.1. The zero-order chi connectivity index (χ0) is 19.9. The molecule has 0 N–H and O–H groups in total. The highest BCUT2D eigenvalue weighted by Crippen LogP contribution is 2.41. The lowest BCUT2D eigenvalue weighted by Crippen LogP contribution is -2.54. The number of rotatable bonds is 2. The van der Waals surface area contributed by atoms with Crippen LogP contribution < -0.4 is 0 Å². The van der Waals surface area contributed by atoms with Crippen molar-refractivity contribution in [2.24, 2.45) is 0 Å². The van der Waals surface area contributed by atoms with Crippen LogP contribution in [-0.4, -0.2) is 64.4 Å². The highest BCUT2D eigenvalue weighted by molar-refractivity contribution is 7.88. The van der Waals surface area contributed by atoms with Crippen molar-refractivity contribution in [2.75, 3.05) is 25.9 Å². The predicted molar refractivity (Wildman–Crippen MR) is 103 cm³/mol. The van der Waals surface area contributed by atoms with Gasteiger partial charge in [-0.2, -0.15) is 0 Å². The third kappa shape index (κ3) is 3.40. The van der Waals surface area contributed by atoms with Crippen molar-refractivity contribution in [2.45, 2.75) is 31.7 Å². The molecular formula is C19H23N5O3S. The maximum atomic E-state index is 13.1. The molecule has 0 radical (unpaired) electrons. The van der Waals surface area contributed by atoms with Crippen LogP contribution >= 0.6 is 0 Å². The van der Waals surface area contributed by atoms with Gasteiger partial charge in [-0.15, -0.1) is 0 Å². The van der Waals surface area contributed by atoms with Crippen molar-refractivity contribution in [3.8, 4) is 0 Å². The summed E-state index contributed by atoms with van der Waals surface area (Å²) >= 11 is 0. The van der Waals surface area contributed by atoms with Gasteiger partial charge in [0.1, 0.15) is 5.82 Å². The van der Waals surface area contributed by atoms with Gasteiger partial charge in [0.25, 0.3) is 5.91 Å². The molecule has 1 amide bonds. The number of carbonyl (C=O) groups is 1. The van der Waals surface area contributed by atoms with E-state index in [2.05, 4.69) is 9.97 Å². The Bertz CT molecular complexity index is 1000. The molecule has 1 spiro atoms. The summed E-state index contributed by atoms with van der Waals surface area (Å²) in [6.45, 7) is 3.69. The van der Waals surface area contributed by atoms with Crippen LogP contribution in [0.5, 0.6) is 0 Å². The Morgan fingerprint density at radius 2 is 1.86 bits per heavy atom. The van der Waals surface area contributed by atoms with Gasteiger partial charge in [-0.25, -0.2) is 22.7 Å². The normalized spacial score (nSPS) is 19.4. The second-order valence-corrected chi connectivity index (χ2v) is 9.61. The molecule has 0 unspecified atom stereocenters. The van der Waals surface area contributed by atoms with E-state index in [-0.39, 0.29) is 11.3 Å². The summed E-state index contributed by atoms with van der Waals surface area (Å²) in [6, 6.07) is 3.42. The van der Waals surface area contributed by atoms with Crippen LogP contribution in [0.1, 0.15) is 40.3 Å². The minimum atomic E-state index is -3.23. The van der Waals surface area contributed by atoms with E-state index >= 15 is 0 Å². The number of hydrogen-bond acceptors (Lipinski definition) is 6. The van der Waals surface area contributed by atoms with Gasteiger partial charge in [0.05, 0.1) is 11.9 Å². The molecule has 148 valence electrons. The lowest BCUT2D eigenvalue weighted by Gasteiger charge is -2.47. The summed E-state index contributed by atoms with van der Waals surface area (Å²) < 4.78 is 25.4. The van der Waals surface area contributed by atoms with Crippen LogP contribution in [0.4, 0.5) is 0 Å². The molecule has 1 fully saturated rings. The van der Waals surface area contributed by atoms with E-state index in [1.165, 1.54) is 10.6 Å². The minimum absolute atomic E-state index is 0.0569. The van der Waals surface area contributed by atoms with Crippen molar-refractivity contribution < 1.29 is 13.2 Å². The Kier molecular flexibility index (Phi) is 4.67. The predicted octanol–water partition coefficient (Wildman–Crippen LogP) is 1.13. The molecule has 0 saturated carbocycles. The minimum Gasteiger partial charge on any atom is -0.333 e. The number of carbonyl (C=O) groups excluding carboxylic acids is 1. The van der Waals surface area contributed by atoms with Crippen molar-refractivity contribution >= 4 is 15.9 Å². The van der Waals surface area contributed by atoms with E-state index in [4.69, 9.17) is 4.98 Å². The first-order valence-electron chi connectivity index (χ1n) is 9.26. The topological polar surface area (TPSA) is 96.4 Å². The number of aryl methyl sites for hydroxylation is 1. The Morgan fingerprint density at radius 3 is 2.50 bits per heavy atom. The summed E-state index contributed by atoms with van der Waals surface area (Å²) in [7, 11) is -3.23. The van der Waals surface area contributed by atoms with Gasteiger partial charge in [0, 0.05) is 61.3 Å². The lowest BCUT2D eigenvalue weighted by molar-refractivity contribution is 0.0612. The average Bonchev–Trinajstić information content (AvgIpc) is 2.68. The van der Waals surface area contributed by atoms with E-state index in [1.807, 2.05) is 11.8 Å². The molecule has 2 aliphatic rings. The van der Waals surface area contributed by atoms with Gasteiger partial charge in [-0.05, 0) is 31.9 Å². The second-order valence-electron chi connectivity index (χ2n) is 7.63. The molecule has 2 aromatic heterocycles. The zero-order valence-corrected chi connectivity index (χ0v) is 16.8. The van der Waals surface area contributed by atoms with Crippen molar-refractivity contribution in [1.29, 1.82) is 0 Å². The van der Waals surface area contributed by atoms with Crippen LogP contribution in [-0.2, 0) is 22.0 Å². The monoisotopic (exact) mass is 401 g/mol. The number of aromatic nitrogens is 3. The molecule has 28 heavy (non-hydrogen) atoms. The summed E-state index contributed by atoms with van der Waals surface area (Å²) in [5, 5.41) is 0. The van der Waals surface area contributed by atoms with Crippen LogP contribution in [0.15, 0.2) is 30.7 Å². The molecule has 4 heterocycles. The molecule has 0 aliphatic carbocycles. The van der Waals surface area contributed by atoms with Gasteiger partial charge in [-0.1, -0.05) is 0 Å². The Morgan fingerprint density at radius 1 is 1.18 bits per heavy atom. The van der Waals surface area contributed by atoms with Crippen molar-refractivity contribution in [3.05, 3.63) is 53.4 Å². The third-order valence-corrected chi connectivity index (χ3v) is 7.01. The van der Waals surface area contributed by atoms with E-state index in [0.29, 0.717) is 50.4 Å². The lowest BCUT2D eigenvalue weighted by atomic mass is 9.72. The van der Waals surface area contributed by atoms with Crippen LogP contribution in [0.2, 0.25) is 0 Å². The third-order valence-electron chi connectivity index (χ3n) is 5.71. The summed E-state index contributed by atoms with van der Waals surface area (Å²) in [6.07, 6.45) is 7.52. The zero-order valence-electron chi connectivity index (χ0n) is 16.0. The average molecular weight is 401 g/mol. The van der Waals surface area contributed by atoms with Crippen molar-refractivity contribution in [3.63, 3.8) is 0 Å². The highest BCUT2D eigenvalue weighted by atomic mass is 32.2. The molecule has 0 bridgehead atoms. The van der Waals surface area contributed by atoms with Gasteiger partial charge in [0.15, 0.2) is 0 Å². The number of piperidine rings is 1. The quantitative estimate of drug-likeness (QED) is 0.748. The van der Waals surface area contributed by atoms with Crippen LogP contribution in [0.25, 0.3) is 0 Å². The first kappa shape index (κ1) is 18.9. The largest absolute Gasteiger partial charge is 0.333 e. The SMILES string of the molecule is Cc1ncc2c(n1)C1(CCN(S(C)(=O)=O)CC1)CN(C(=O)c1ccncc1)C2. The molecule has 2 aliphatic heterocycles. The number of pyridine rings is 1. The van der Waals surface area contributed by atoms with E-state index in [9.17, 15) is 13.2 Å². The summed E-state index contributed by atoms with van der Waals surface area (Å²) in [5.74, 6) is 0.635. The number of nitrogens with zero attached hydrogens (tertiary/aromatic N) is 5. The van der Waals surface area contributed by atoms with E-state index < -0.39 is 10.0 Å². The standard InChI is InChI=1S/C19H23N5O3S/c1-14-21-11-16-12-23(18(25)15-3-7-20-8-4-15)13-19(17(16)22-14)5-9-24(10-6-19)28(2,26)27/h3-4,7-8,11H,5-6,9-10,12-13H2,1-2H3. The Labute approximate surface area is 164 Å². The molecule has 2 aromatic rings. The van der Waals surface area contributed by atoms with E-state index in [1.54, 1.807) is 30.7 Å². The number of fused-ring (bicyclic) bond motifs is 2. The number of amides is 1. The maximum Gasteiger partial charge on any atom is 0.254 e. The van der Waals surface area contributed by atoms with Gasteiger partial charge in [0.2, 0.25) is 10.0 Å². The second kappa shape index (κ2) is 6.89. The van der Waals surface area contributed by atoms with Gasteiger partial charge >= 0.3 is 0 Å². The molecule has 0 atom stereocenters. The highest BCUT2D eigenvalue weighted by Gasteiger charge is 2.45. The summed E-state index contributed by atoms with van der Waals surface area (Å²) in [4.78, 5) is 27.9. The Hall–Kier alpha value is -2.39. The first-order chi connectivity index (χ1) is 13.3. The van der Waals surface area contributed by atoms with E-state index in [0.717, 1.165) is 11.3 Å². The summed E-state index contributed by atoms with van der Waals surface area (Å²) in [5.41, 5.74) is 2.14. The van der Waals surface area contributed by atoms with Crippen molar-refractivity contribution in [1.82, 2.24) is 24.2 Å². The smallest absolute Gasteiger partial charge is 0.254 e. The van der Waals surface area contributed by atoms with Crippen LogP contribution in [0, 0.1) is 6.92 Å². The fourth-order valence-electron chi connectivity index (χ4n) is 4.23. The number of hydrogen-bond donors (Lipinski definition) is 0. The molecule has 9 heteroatoms. The molecular weight excluding hydrogens is 378 g/mol. The maximum absolute atomic E-state index is 13.1. The number of sulfonamides is 1. The Balaban J connectivity index is 1.69. The molecule has 0 aromatic carbocycles.